The fourth-order valence-corrected chi connectivity index (χ4v) is 3.37. The minimum Gasteiger partial charge on any atom is -0.375 e. The molecule has 1 aliphatic carbocycles. The van der Waals surface area contributed by atoms with Gasteiger partial charge in [-0.2, -0.15) is 0 Å². The largest absolute Gasteiger partial charge is 0.375 e. The first-order chi connectivity index (χ1) is 9.21. The first-order valence-corrected chi connectivity index (χ1v) is 7.91. The molecule has 1 aromatic rings. The lowest BCUT2D eigenvalue weighted by Gasteiger charge is -2.16. The first-order valence-electron chi connectivity index (χ1n) is 6.93. The predicted octanol–water partition coefficient (Wildman–Crippen LogP) is 3.83. The van der Waals surface area contributed by atoms with E-state index >= 15 is 0 Å². The van der Waals surface area contributed by atoms with Crippen molar-refractivity contribution in [3.63, 3.8) is 0 Å². The Kier molecular flexibility index (Phi) is 3.40. The van der Waals surface area contributed by atoms with Crippen LogP contribution in [0.2, 0.25) is 0 Å². The molecule has 0 bridgehead atoms. The Bertz CT molecular complexity index is 512. The number of hydrogen-bond donors (Lipinski definition) is 0. The number of anilines is 1. The van der Waals surface area contributed by atoms with E-state index in [0.29, 0.717) is 5.54 Å². The molecular weight excluding hydrogens is 252 g/mol. The lowest BCUT2D eigenvalue weighted by Crippen LogP contribution is -2.15. The van der Waals surface area contributed by atoms with E-state index in [-0.39, 0.29) is 0 Å². The molecule has 0 saturated heterocycles. The molecule has 1 fully saturated rings. The van der Waals surface area contributed by atoms with Crippen LogP contribution in [0.5, 0.6) is 0 Å². The highest BCUT2D eigenvalue weighted by atomic mass is 32.2. The van der Waals surface area contributed by atoms with Gasteiger partial charge in [-0.3, -0.25) is 4.99 Å². The molecule has 1 spiro atoms. The molecule has 1 heterocycles. The Labute approximate surface area is 119 Å². The Balaban J connectivity index is 1.67. The Morgan fingerprint density at radius 2 is 2.00 bits per heavy atom. The maximum absolute atomic E-state index is 4.79. The third kappa shape index (κ3) is 2.86. The molecule has 2 nitrogen and oxygen atoms in total. The van der Waals surface area contributed by atoms with Crippen molar-refractivity contribution in [1.82, 2.24) is 0 Å². The van der Waals surface area contributed by atoms with Crippen LogP contribution >= 0.6 is 11.8 Å². The minimum absolute atomic E-state index is 0.345. The fraction of sp³-hybridized carbons (Fsp3) is 0.438. The number of nitrogens with zero attached hydrogens (tertiary/aromatic N) is 2. The van der Waals surface area contributed by atoms with Crippen LogP contribution in [0.3, 0.4) is 0 Å². The molecule has 3 heteroatoms. The van der Waals surface area contributed by atoms with Gasteiger partial charge in [0.05, 0.1) is 10.6 Å². The Morgan fingerprint density at radius 3 is 2.58 bits per heavy atom. The fourth-order valence-electron chi connectivity index (χ4n) is 2.18. The maximum atomic E-state index is 4.79. The zero-order chi connectivity index (χ0) is 13.3. The SMILES string of the molecule is CCN(C)c1ccc(/C=C/C2=NC3(CC3)CS2)cc1. The Morgan fingerprint density at radius 1 is 1.26 bits per heavy atom. The van der Waals surface area contributed by atoms with E-state index in [9.17, 15) is 0 Å². The van der Waals surface area contributed by atoms with Crippen molar-refractivity contribution in [2.75, 3.05) is 24.2 Å². The molecule has 0 amide bonds. The zero-order valence-corrected chi connectivity index (χ0v) is 12.4. The summed E-state index contributed by atoms with van der Waals surface area (Å²) in [7, 11) is 2.11. The molecule has 100 valence electrons. The first kappa shape index (κ1) is 12.8. The van der Waals surface area contributed by atoms with Gasteiger partial charge in [0.2, 0.25) is 0 Å². The molecule has 0 unspecified atom stereocenters. The average molecular weight is 272 g/mol. The topological polar surface area (TPSA) is 15.6 Å². The summed E-state index contributed by atoms with van der Waals surface area (Å²) < 4.78 is 0. The molecule has 1 saturated carbocycles. The second-order valence-corrected chi connectivity index (χ2v) is 6.40. The van der Waals surface area contributed by atoms with Gasteiger partial charge in [0, 0.05) is 25.0 Å². The van der Waals surface area contributed by atoms with E-state index in [0.717, 1.165) is 6.54 Å². The summed E-state index contributed by atoms with van der Waals surface area (Å²) >= 11 is 1.90. The third-order valence-corrected chi connectivity index (χ3v) is 5.09. The van der Waals surface area contributed by atoms with Gasteiger partial charge in [0.15, 0.2) is 0 Å². The number of benzene rings is 1. The standard InChI is InChI=1S/C16H20N2S/c1-3-18(2)14-7-4-13(5-8-14)6-9-15-17-16(10-11-16)12-19-15/h4-9H,3,10-12H2,1-2H3/b9-6+. The highest BCUT2D eigenvalue weighted by Gasteiger charge is 2.45. The molecule has 0 radical (unpaired) electrons. The summed E-state index contributed by atoms with van der Waals surface area (Å²) in [6, 6.07) is 8.69. The van der Waals surface area contributed by atoms with E-state index < -0.39 is 0 Å². The van der Waals surface area contributed by atoms with Gasteiger partial charge in [-0.05, 0) is 43.5 Å². The number of hydrogen-bond acceptors (Lipinski definition) is 3. The van der Waals surface area contributed by atoms with Gasteiger partial charge < -0.3 is 4.90 Å². The van der Waals surface area contributed by atoms with E-state index in [1.807, 2.05) is 11.8 Å². The van der Waals surface area contributed by atoms with Crippen molar-refractivity contribution < 1.29 is 0 Å². The third-order valence-electron chi connectivity index (χ3n) is 3.89. The molecule has 0 atom stereocenters. The lowest BCUT2D eigenvalue weighted by molar-refractivity contribution is 0.794. The Hall–Kier alpha value is -1.22. The van der Waals surface area contributed by atoms with Gasteiger partial charge in [-0.15, -0.1) is 11.8 Å². The monoisotopic (exact) mass is 272 g/mol. The van der Waals surface area contributed by atoms with E-state index in [1.165, 1.54) is 34.9 Å². The molecular formula is C16H20N2S. The van der Waals surface area contributed by atoms with Crippen molar-refractivity contribution in [2.45, 2.75) is 25.3 Å². The number of aliphatic imine (C=N–C) groups is 1. The quantitative estimate of drug-likeness (QED) is 0.827. The molecule has 1 aliphatic heterocycles. The van der Waals surface area contributed by atoms with Crippen molar-refractivity contribution in [3.05, 3.63) is 35.9 Å². The highest BCUT2D eigenvalue weighted by Crippen LogP contribution is 2.47. The summed E-state index contributed by atoms with van der Waals surface area (Å²) in [5.41, 5.74) is 2.86. The van der Waals surface area contributed by atoms with Gasteiger partial charge >= 0.3 is 0 Å². The van der Waals surface area contributed by atoms with E-state index in [1.54, 1.807) is 0 Å². The molecule has 19 heavy (non-hydrogen) atoms. The molecule has 0 aromatic heterocycles. The average Bonchev–Trinajstić information content (AvgIpc) is 3.08. The van der Waals surface area contributed by atoms with Crippen LogP contribution in [0.1, 0.15) is 25.3 Å². The second kappa shape index (κ2) is 5.04. The summed E-state index contributed by atoms with van der Waals surface area (Å²) in [5, 5.41) is 1.20. The lowest BCUT2D eigenvalue weighted by atomic mass is 10.2. The molecule has 2 aliphatic rings. The normalized spacial score (nSPS) is 20.0. The predicted molar refractivity (Wildman–Crippen MR) is 86.3 cm³/mol. The summed E-state index contributed by atoms with van der Waals surface area (Å²) in [4.78, 5) is 7.03. The summed E-state index contributed by atoms with van der Waals surface area (Å²) in [6.45, 7) is 3.20. The van der Waals surface area contributed by atoms with Crippen LogP contribution in [-0.4, -0.2) is 29.9 Å². The second-order valence-electron chi connectivity index (χ2n) is 5.40. The maximum Gasteiger partial charge on any atom is 0.0912 e. The van der Waals surface area contributed by atoms with Crippen molar-refractivity contribution in [2.24, 2.45) is 4.99 Å². The highest BCUT2D eigenvalue weighted by molar-refractivity contribution is 8.14. The van der Waals surface area contributed by atoms with Gasteiger partial charge in [0.1, 0.15) is 0 Å². The van der Waals surface area contributed by atoms with Crippen LogP contribution in [0, 0.1) is 0 Å². The minimum atomic E-state index is 0.345. The molecule has 1 aromatic carbocycles. The molecule has 3 rings (SSSR count). The van der Waals surface area contributed by atoms with Gasteiger partial charge in [0.25, 0.3) is 0 Å². The van der Waals surface area contributed by atoms with E-state index in [2.05, 4.69) is 55.3 Å². The summed E-state index contributed by atoms with van der Waals surface area (Å²) in [6.07, 6.45) is 6.91. The smallest absolute Gasteiger partial charge is 0.0912 e. The van der Waals surface area contributed by atoms with Crippen LogP contribution < -0.4 is 4.90 Å². The van der Waals surface area contributed by atoms with Crippen LogP contribution in [0.4, 0.5) is 5.69 Å². The zero-order valence-electron chi connectivity index (χ0n) is 11.6. The van der Waals surface area contributed by atoms with Crippen molar-refractivity contribution >= 4 is 28.6 Å². The van der Waals surface area contributed by atoms with Gasteiger partial charge in [-0.25, -0.2) is 0 Å². The number of rotatable bonds is 4. The number of thioether (sulfide) groups is 1. The summed E-state index contributed by atoms with van der Waals surface area (Å²) in [5.74, 6) is 1.19. The van der Waals surface area contributed by atoms with Crippen molar-refractivity contribution in [3.8, 4) is 0 Å². The van der Waals surface area contributed by atoms with Crippen LogP contribution in [0.15, 0.2) is 35.3 Å². The van der Waals surface area contributed by atoms with Crippen molar-refractivity contribution in [1.29, 1.82) is 0 Å². The van der Waals surface area contributed by atoms with E-state index in [4.69, 9.17) is 4.99 Å². The van der Waals surface area contributed by atoms with Gasteiger partial charge in [-0.1, -0.05) is 18.2 Å². The van der Waals surface area contributed by atoms with Crippen LogP contribution in [0.25, 0.3) is 6.08 Å². The molecule has 0 N–H and O–H groups in total. The van der Waals surface area contributed by atoms with Crippen LogP contribution in [-0.2, 0) is 0 Å².